The Hall–Kier alpha value is -3.27. The van der Waals surface area contributed by atoms with Crippen molar-refractivity contribution in [2.75, 3.05) is 24.7 Å². The van der Waals surface area contributed by atoms with Crippen LogP contribution in [0.15, 0.2) is 41.0 Å². The number of nitrogens with zero attached hydrogens (tertiary/aromatic N) is 3. The highest BCUT2D eigenvalue weighted by atomic mass is 32.2. The summed E-state index contributed by atoms with van der Waals surface area (Å²) in [5.41, 5.74) is 2.62. The third-order valence-electron chi connectivity index (χ3n) is 5.17. The molecule has 4 rings (SSSR count). The number of amides is 1. The van der Waals surface area contributed by atoms with E-state index in [0.29, 0.717) is 48.0 Å². The molecule has 2 N–H and O–H groups in total. The van der Waals surface area contributed by atoms with Gasteiger partial charge in [0.2, 0.25) is 5.91 Å². The maximum atomic E-state index is 13.9. The second-order valence-corrected chi connectivity index (χ2v) is 8.71. The van der Waals surface area contributed by atoms with Crippen LogP contribution in [-0.4, -0.2) is 35.3 Å². The molecule has 1 unspecified atom stereocenters. The number of carbonyl (C=O) groups is 1. The number of rotatable bonds is 6. The van der Waals surface area contributed by atoms with E-state index < -0.39 is 16.4 Å². The monoisotopic (exact) mass is 456 g/mol. The number of aryl methyl sites for hydroxylation is 1. The van der Waals surface area contributed by atoms with Gasteiger partial charge in [0.05, 0.1) is 17.8 Å². The molecule has 10 heteroatoms. The van der Waals surface area contributed by atoms with Crippen molar-refractivity contribution in [2.24, 2.45) is 10.3 Å². The molecule has 3 aromatic rings. The van der Waals surface area contributed by atoms with E-state index in [1.54, 1.807) is 12.1 Å². The van der Waals surface area contributed by atoms with Crippen LogP contribution in [0.4, 0.5) is 21.6 Å². The highest BCUT2D eigenvalue weighted by Gasteiger charge is 2.20. The van der Waals surface area contributed by atoms with E-state index in [9.17, 15) is 13.4 Å². The van der Waals surface area contributed by atoms with Crippen LogP contribution in [-0.2, 0) is 19.6 Å². The van der Waals surface area contributed by atoms with Crippen LogP contribution < -0.4 is 15.4 Å². The Morgan fingerprint density at radius 3 is 2.94 bits per heavy atom. The highest BCUT2D eigenvalue weighted by molar-refractivity contribution is 7.74. The van der Waals surface area contributed by atoms with Gasteiger partial charge in [-0.15, -0.1) is 6.26 Å². The van der Waals surface area contributed by atoms with E-state index in [1.807, 2.05) is 13.0 Å². The summed E-state index contributed by atoms with van der Waals surface area (Å²) in [4.78, 5) is 20.3. The summed E-state index contributed by atoms with van der Waals surface area (Å²) in [5.74, 6) is 0.532. The number of fused-ring (bicyclic) bond motifs is 1. The van der Waals surface area contributed by atoms with Crippen molar-refractivity contribution in [3.05, 3.63) is 48.0 Å². The molecule has 168 valence electrons. The van der Waals surface area contributed by atoms with Gasteiger partial charge in [0, 0.05) is 36.0 Å². The Morgan fingerprint density at radius 2 is 2.16 bits per heavy atom. The van der Waals surface area contributed by atoms with E-state index >= 15 is 0 Å². The molecule has 32 heavy (non-hydrogen) atoms. The lowest BCUT2D eigenvalue weighted by Crippen LogP contribution is -2.35. The molecule has 0 saturated carbocycles. The number of benzene rings is 2. The first-order chi connectivity index (χ1) is 15.4. The van der Waals surface area contributed by atoms with Crippen molar-refractivity contribution in [3.63, 3.8) is 0 Å². The summed E-state index contributed by atoms with van der Waals surface area (Å²) in [5, 5.41) is 6.79. The van der Waals surface area contributed by atoms with E-state index in [1.165, 1.54) is 24.7 Å². The molecule has 8 nitrogen and oxygen atoms in total. The fourth-order valence-corrected chi connectivity index (χ4v) is 4.12. The number of piperidine rings is 1. The maximum absolute atomic E-state index is 13.9. The van der Waals surface area contributed by atoms with Crippen molar-refractivity contribution < 1.29 is 18.1 Å². The van der Waals surface area contributed by atoms with Gasteiger partial charge in [0.1, 0.15) is 23.7 Å². The van der Waals surface area contributed by atoms with Gasteiger partial charge in [0.15, 0.2) is 0 Å². The van der Waals surface area contributed by atoms with E-state index in [2.05, 4.69) is 25.0 Å². The quantitative estimate of drug-likeness (QED) is 0.540. The maximum Gasteiger partial charge on any atom is 0.220 e. The van der Waals surface area contributed by atoms with Gasteiger partial charge in [-0.1, -0.05) is 0 Å². The zero-order valence-corrected chi connectivity index (χ0v) is 18.5. The zero-order valence-electron chi connectivity index (χ0n) is 17.7. The molecule has 0 spiro atoms. The highest BCUT2D eigenvalue weighted by Crippen LogP contribution is 2.34. The van der Waals surface area contributed by atoms with Gasteiger partial charge >= 0.3 is 0 Å². The molecule has 0 bridgehead atoms. The fraction of sp³-hybridized carbons (Fsp3) is 0.318. The van der Waals surface area contributed by atoms with Gasteiger partial charge in [-0.3, -0.25) is 4.79 Å². The lowest BCUT2D eigenvalue weighted by atomic mass is 9.99. The number of aromatic nitrogens is 2. The molecule has 2 heterocycles. The zero-order chi connectivity index (χ0) is 22.7. The Labute approximate surface area is 186 Å². The van der Waals surface area contributed by atoms with Crippen molar-refractivity contribution in [1.29, 1.82) is 0 Å². The van der Waals surface area contributed by atoms with E-state index in [4.69, 9.17) is 4.74 Å². The molecule has 1 atom stereocenters. The van der Waals surface area contributed by atoms with Crippen LogP contribution in [0.1, 0.15) is 18.4 Å². The van der Waals surface area contributed by atoms with Crippen LogP contribution in [0, 0.1) is 18.7 Å². The summed E-state index contributed by atoms with van der Waals surface area (Å²) < 4.78 is 35.4. The summed E-state index contributed by atoms with van der Waals surface area (Å²) >= 11 is 0. The number of ether oxygens (including phenoxy) is 1. The first-order valence-electron chi connectivity index (χ1n) is 10.2. The topological polar surface area (TPSA) is 106 Å². The Kier molecular flexibility index (Phi) is 6.50. The standard InChI is InChI=1S/C22H23FN5O3S/c1-13-7-16(28-32(2)30)10-18-21(13)22(26-12-25-18)27-17-4-3-15(23)9-19(17)31-11-14-5-6-24-20(29)8-14/h3-4,7,9-10,12,14H,5-6,8,11H2,1-2H3,(H,24,29)(H,25,26,27)/q-1. The number of anilines is 2. The minimum absolute atomic E-state index is 0.00313. The third kappa shape index (κ3) is 5.13. The van der Waals surface area contributed by atoms with Crippen LogP contribution in [0.3, 0.4) is 0 Å². The number of carbonyl (C=O) groups excluding carboxylic acids is 1. The molecule has 0 radical (unpaired) electrons. The van der Waals surface area contributed by atoms with E-state index in [0.717, 1.165) is 17.4 Å². The fourth-order valence-electron chi connectivity index (χ4n) is 3.72. The summed E-state index contributed by atoms with van der Waals surface area (Å²) in [6.07, 6.45) is 4.13. The first kappa shape index (κ1) is 21.9. The van der Waals surface area contributed by atoms with Gasteiger partial charge in [-0.2, -0.15) is 10.6 Å². The largest absolute Gasteiger partial charge is 0.491 e. The van der Waals surface area contributed by atoms with Gasteiger partial charge < -0.3 is 23.9 Å². The second kappa shape index (κ2) is 9.47. The molecule has 1 aromatic heterocycles. The average Bonchev–Trinajstić information content (AvgIpc) is 2.73. The minimum atomic E-state index is -1.33. The molecular weight excluding hydrogens is 433 g/mol. The molecule has 0 aliphatic carbocycles. The molecular formula is C22H23FN5O3S-. The molecule has 1 aliphatic rings. The van der Waals surface area contributed by atoms with Gasteiger partial charge in [0.25, 0.3) is 0 Å². The number of halogens is 1. The van der Waals surface area contributed by atoms with Crippen molar-refractivity contribution in [1.82, 2.24) is 15.3 Å². The molecule has 1 amide bonds. The molecule has 2 aromatic carbocycles. The first-order valence-corrected chi connectivity index (χ1v) is 11.7. The minimum Gasteiger partial charge on any atom is -0.491 e. The van der Waals surface area contributed by atoms with Gasteiger partial charge in [-0.05, 0) is 43.2 Å². The van der Waals surface area contributed by atoms with Crippen LogP contribution >= 0.6 is 0 Å². The lowest BCUT2D eigenvalue weighted by Gasteiger charge is -2.23. The van der Waals surface area contributed by atoms with Crippen LogP contribution in [0.2, 0.25) is 0 Å². The Bertz CT molecular complexity index is 1260. The van der Waals surface area contributed by atoms with Crippen molar-refractivity contribution in [2.45, 2.75) is 19.8 Å². The molecule has 1 fully saturated rings. The van der Waals surface area contributed by atoms with Crippen molar-refractivity contribution >= 4 is 44.6 Å². The Morgan fingerprint density at radius 1 is 1.31 bits per heavy atom. The molecule has 1 saturated heterocycles. The SMILES string of the molecule is Cc1cc(N=[S-](C)=O)cc2ncnc(Nc3ccc(F)cc3OCC3CCNC(=O)C3)c12. The van der Waals surface area contributed by atoms with Crippen molar-refractivity contribution in [3.8, 4) is 5.75 Å². The number of hydrogen-bond donors (Lipinski definition) is 2. The predicted octanol–water partition coefficient (Wildman–Crippen LogP) is 4.13. The predicted molar refractivity (Wildman–Crippen MR) is 121 cm³/mol. The molecule has 1 aliphatic heterocycles. The summed E-state index contributed by atoms with van der Waals surface area (Å²) in [6.45, 7) is 2.83. The average molecular weight is 457 g/mol. The third-order valence-corrected chi connectivity index (χ3v) is 5.64. The number of nitrogens with one attached hydrogen (secondary N) is 2. The second-order valence-electron chi connectivity index (χ2n) is 7.68. The van der Waals surface area contributed by atoms with E-state index in [-0.39, 0.29) is 11.8 Å². The Balaban J connectivity index is 1.63. The van der Waals surface area contributed by atoms with Gasteiger partial charge in [-0.25, -0.2) is 14.4 Å². The summed E-state index contributed by atoms with van der Waals surface area (Å²) in [7, 11) is -1.33. The normalized spacial score (nSPS) is 17.2. The lowest BCUT2D eigenvalue weighted by molar-refractivity contribution is -0.123. The van der Waals surface area contributed by atoms with Crippen LogP contribution in [0.5, 0.6) is 5.75 Å². The summed E-state index contributed by atoms with van der Waals surface area (Å²) in [6, 6.07) is 7.80. The number of hydrogen-bond acceptors (Lipinski definition) is 8. The van der Waals surface area contributed by atoms with Crippen LogP contribution in [0.25, 0.3) is 10.9 Å². The smallest absolute Gasteiger partial charge is 0.220 e.